The molecule has 1 aromatic carbocycles. The third-order valence-electron chi connectivity index (χ3n) is 3.90. The van der Waals surface area contributed by atoms with Gasteiger partial charge in [0.25, 0.3) is 0 Å². The lowest BCUT2D eigenvalue weighted by atomic mass is 10.1. The zero-order chi connectivity index (χ0) is 18.0. The standard InChI is InChI=1S/C17H18N2O6/c1-9-11(10(2)25-19-9)7-16(20)18-13-8-15-14(6-12(13)17(21)22)23-4-3-5-24-15/h6,8H,3-5,7H2,1-2H3,(H,18,20)(H,21,22)/p-1. The van der Waals surface area contributed by atoms with Gasteiger partial charge in [-0.1, -0.05) is 5.16 Å². The van der Waals surface area contributed by atoms with Crippen LogP contribution in [0.15, 0.2) is 16.7 Å². The molecule has 8 heteroatoms. The summed E-state index contributed by atoms with van der Waals surface area (Å²) in [6.07, 6.45) is 0.700. The number of rotatable bonds is 4. The number of fused-ring (bicyclic) bond motifs is 1. The van der Waals surface area contributed by atoms with Crippen LogP contribution in [-0.4, -0.2) is 30.2 Å². The Labute approximate surface area is 143 Å². The van der Waals surface area contributed by atoms with Crippen molar-refractivity contribution in [2.45, 2.75) is 26.7 Å². The highest BCUT2D eigenvalue weighted by Gasteiger charge is 2.19. The third kappa shape index (κ3) is 3.57. The van der Waals surface area contributed by atoms with Crippen molar-refractivity contribution in [1.29, 1.82) is 0 Å². The molecule has 0 aliphatic carbocycles. The predicted molar refractivity (Wildman–Crippen MR) is 84.7 cm³/mol. The number of aromatic carboxylic acids is 1. The fourth-order valence-corrected chi connectivity index (χ4v) is 2.59. The molecule has 0 fully saturated rings. The fraction of sp³-hybridized carbons (Fsp3) is 0.353. The van der Waals surface area contributed by atoms with E-state index in [1.54, 1.807) is 13.8 Å². The van der Waals surface area contributed by atoms with E-state index < -0.39 is 11.9 Å². The monoisotopic (exact) mass is 345 g/mol. The maximum absolute atomic E-state index is 12.3. The van der Waals surface area contributed by atoms with Gasteiger partial charge in [0.1, 0.15) is 5.76 Å². The fourth-order valence-electron chi connectivity index (χ4n) is 2.59. The highest BCUT2D eigenvalue weighted by atomic mass is 16.5. The van der Waals surface area contributed by atoms with E-state index in [1.807, 2.05) is 0 Å². The van der Waals surface area contributed by atoms with Crippen molar-refractivity contribution in [3.05, 3.63) is 34.7 Å². The van der Waals surface area contributed by atoms with Gasteiger partial charge in [-0.3, -0.25) is 4.79 Å². The van der Waals surface area contributed by atoms with Gasteiger partial charge >= 0.3 is 0 Å². The highest BCUT2D eigenvalue weighted by molar-refractivity contribution is 6.01. The average molecular weight is 345 g/mol. The Morgan fingerprint density at radius 3 is 2.48 bits per heavy atom. The minimum Gasteiger partial charge on any atom is -0.545 e. The van der Waals surface area contributed by atoms with Crippen LogP contribution in [0.2, 0.25) is 0 Å². The second-order valence-electron chi connectivity index (χ2n) is 5.71. The molecular formula is C17H17N2O6-. The molecule has 1 aliphatic rings. The largest absolute Gasteiger partial charge is 0.545 e. The molecular weight excluding hydrogens is 328 g/mol. The number of hydrogen-bond acceptors (Lipinski definition) is 7. The molecule has 0 radical (unpaired) electrons. The molecule has 0 saturated carbocycles. The normalized spacial score (nSPS) is 13.2. The smallest absolute Gasteiger partial charge is 0.229 e. The van der Waals surface area contributed by atoms with Gasteiger partial charge in [0.15, 0.2) is 11.5 Å². The van der Waals surface area contributed by atoms with Crippen molar-refractivity contribution < 1.29 is 28.7 Å². The second kappa shape index (κ2) is 6.84. The Morgan fingerprint density at radius 1 is 1.20 bits per heavy atom. The van der Waals surface area contributed by atoms with Crippen LogP contribution >= 0.6 is 0 Å². The molecule has 0 unspecified atom stereocenters. The topological polar surface area (TPSA) is 114 Å². The lowest BCUT2D eigenvalue weighted by Gasteiger charge is -2.16. The number of aromatic nitrogens is 1. The minimum absolute atomic E-state index is 0.0160. The van der Waals surface area contributed by atoms with Crippen molar-refractivity contribution in [1.82, 2.24) is 5.16 Å². The van der Waals surface area contributed by atoms with Crippen LogP contribution in [0, 0.1) is 13.8 Å². The third-order valence-corrected chi connectivity index (χ3v) is 3.90. The lowest BCUT2D eigenvalue weighted by molar-refractivity contribution is -0.254. The Morgan fingerprint density at radius 2 is 1.88 bits per heavy atom. The van der Waals surface area contributed by atoms with Crippen LogP contribution in [0.4, 0.5) is 5.69 Å². The van der Waals surface area contributed by atoms with E-state index in [4.69, 9.17) is 14.0 Å². The molecule has 0 atom stereocenters. The summed E-state index contributed by atoms with van der Waals surface area (Å²) in [5, 5.41) is 17.8. The van der Waals surface area contributed by atoms with Crippen molar-refractivity contribution in [3.63, 3.8) is 0 Å². The molecule has 3 rings (SSSR count). The van der Waals surface area contributed by atoms with Crippen LogP contribution in [0.1, 0.15) is 33.8 Å². The summed E-state index contributed by atoms with van der Waals surface area (Å²) in [6.45, 7) is 4.32. The maximum Gasteiger partial charge on any atom is 0.229 e. The summed E-state index contributed by atoms with van der Waals surface area (Å²) in [7, 11) is 0. The summed E-state index contributed by atoms with van der Waals surface area (Å²) < 4.78 is 16.0. The molecule has 0 saturated heterocycles. The van der Waals surface area contributed by atoms with Crippen molar-refractivity contribution in [3.8, 4) is 11.5 Å². The Bertz CT molecular complexity index is 807. The number of benzene rings is 1. The summed E-state index contributed by atoms with van der Waals surface area (Å²) in [6, 6.07) is 2.75. The Balaban J connectivity index is 1.86. The number of carboxylic acids is 1. The van der Waals surface area contributed by atoms with Crippen molar-refractivity contribution >= 4 is 17.6 Å². The number of amides is 1. The average Bonchev–Trinajstić information content (AvgIpc) is 2.77. The first-order valence-corrected chi connectivity index (χ1v) is 7.82. The zero-order valence-corrected chi connectivity index (χ0v) is 13.9. The summed E-state index contributed by atoms with van der Waals surface area (Å²) in [4.78, 5) is 23.7. The van der Waals surface area contributed by atoms with Gasteiger partial charge < -0.3 is 29.2 Å². The van der Waals surface area contributed by atoms with E-state index in [9.17, 15) is 14.7 Å². The van der Waals surface area contributed by atoms with Gasteiger partial charge in [-0.15, -0.1) is 0 Å². The molecule has 1 aliphatic heterocycles. The van der Waals surface area contributed by atoms with E-state index in [0.717, 1.165) is 0 Å². The quantitative estimate of drug-likeness (QED) is 0.879. The van der Waals surface area contributed by atoms with Gasteiger partial charge in [0, 0.05) is 23.6 Å². The molecule has 0 bridgehead atoms. The van der Waals surface area contributed by atoms with Gasteiger partial charge in [-0.2, -0.15) is 0 Å². The van der Waals surface area contributed by atoms with E-state index >= 15 is 0 Å². The minimum atomic E-state index is -1.41. The van der Waals surface area contributed by atoms with Crippen LogP contribution in [-0.2, 0) is 11.2 Å². The summed E-state index contributed by atoms with van der Waals surface area (Å²) >= 11 is 0. The number of carbonyl (C=O) groups excluding carboxylic acids is 2. The number of carbonyl (C=O) groups is 2. The molecule has 0 spiro atoms. The van der Waals surface area contributed by atoms with E-state index in [-0.39, 0.29) is 17.7 Å². The van der Waals surface area contributed by atoms with Crippen LogP contribution in [0.5, 0.6) is 11.5 Å². The number of carboxylic acid groups (broad SMARTS) is 1. The number of hydrogen-bond donors (Lipinski definition) is 1. The van der Waals surface area contributed by atoms with Crippen molar-refractivity contribution in [2.24, 2.45) is 0 Å². The molecule has 2 heterocycles. The van der Waals surface area contributed by atoms with Crippen LogP contribution in [0.3, 0.4) is 0 Å². The molecule has 1 N–H and O–H groups in total. The van der Waals surface area contributed by atoms with E-state index in [2.05, 4.69) is 10.5 Å². The zero-order valence-electron chi connectivity index (χ0n) is 13.9. The summed E-state index contributed by atoms with van der Waals surface area (Å²) in [5.74, 6) is -0.559. The van der Waals surface area contributed by atoms with E-state index in [1.165, 1.54) is 12.1 Å². The van der Waals surface area contributed by atoms with Gasteiger partial charge in [-0.05, 0) is 19.9 Å². The van der Waals surface area contributed by atoms with Crippen molar-refractivity contribution in [2.75, 3.05) is 18.5 Å². The first-order chi connectivity index (χ1) is 12.0. The van der Waals surface area contributed by atoms with Gasteiger partial charge in [-0.25, -0.2) is 0 Å². The molecule has 2 aromatic rings. The maximum atomic E-state index is 12.3. The molecule has 1 amide bonds. The second-order valence-corrected chi connectivity index (χ2v) is 5.71. The highest BCUT2D eigenvalue weighted by Crippen LogP contribution is 2.35. The first kappa shape index (κ1) is 16.8. The van der Waals surface area contributed by atoms with Gasteiger partial charge in [0.05, 0.1) is 37.0 Å². The molecule has 25 heavy (non-hydrogen) atoms. The van der Waals surface area contributed by atoms with E-state index in [0.29, 0.717) is 48.2 Å². The number of nitrogens with zero attached hydrogens (tertiary/aromatic N) is 1. The van der Waals surface area contributed by atoms with Gasteiger partial charge in [0.2, 0.25) is 5.91 Å². The molecule has 132 valence electrons. The number of nitrogens with one attached hydrogen (secondary N) is 1. The molecule has 8 nitrogen and oxygen atoms in total. The summed E-state index contributed by atoms with van der Waals surface area (Å²) in [5.41, 5.74) is 1.21. The Hall–Kier alpha value is -3.03. The SMILES string of the molecule is Cc1noc(C)c1CC(=O)Nc1cc2c(cc1C(=O)[O-])OCCCO2. The first-order valence-electron chi connectivity index (χ1n) is 7.82. The van der Waals surface area contributed by atoms with Crippen LogP contribution < -0.4 is 19.9 Å². The number of anilines is 1. The lowest BCUT2D eigenvalue weighted by Crippen LogP contribution is -2.25. The number of aryl methyl sites for hydroxylation is 2. The predicted octanol–water partition coefficient (Wildman–Crippen LogP) is 0.997. The molecule has 1 aromatic heterocycles. The number of ether oxygens (including phenoxy) is 2. The van der Waals surface area contributed by atoms with Crippen LogP contribution in [0.25, 0.3) is 0 Å². The Kier molecular flexibility index (Phi) is 4.60.